The predicted octanol–water partition coefficient (Wildman–Crippen LogP) is 3.60. The zero-order chi connectivity index (χ0) is 14.6. The highest BCUT2D eigenvalue weighted by Crippen LogP contribution is 2.31. The highest BCUT2D eigenvalue weighted by molar-refractivity contribution is 5.30. The highest BCUT2D eigenvalue weighted by Gasteiger charge is 2.30. The molecule has 2 aromatic rings. The van der Waals surface area contributed by atoms with Crippen molar-refractivity contribution < 1.29 is 22.3 Å². The SMILES string of the molecule is CCNCc1coc(Oc2ccc(C(F)(F)F)cc2)n1. The van der Waals surface area contributed by atoms with Crippen molar-refractivity contribution in [2.24, 2.45) is 0 Å². The lowest BCUT2D eigenvalue weighted by atomic mass is 10.2. The van der Waals surface area contributed by atoms with Crippen LogP contribution in [0, 0.1) is 0 Å². The zero-order valence-corrected chi connectivity index (χ0v) is 10.7. The van der Waals surface area contributed by atoms with Gasteiger partial charge in [-0.15, -0.1) is 0 Å². The van der Waals surface area contributed by atoms with Gasteiger partial charge in [0.15, 0.2) is 0 Å². The molecule has 0 aliphatic carbocycles. The minimum Gasteiger partial charge on any atom is -0.417 e. The molecular weight excluding hydrogens is 273 g/mol. The van der Waals surface area contributed by atoms with Gasteiger partial charge >= 0.3 is 12.3 Å². The Kier molecular flexibility index (Phi) is 4.29. The molecule has 0 aliphatic rings. The van der Waals surface area contributed by atoms with Gasteiger partial charge in [-0.05, 0) is 30.8 Å². The molecule has 0 unspecified atom stereocenters. The molecule has 108 valence electrons. The van der Waals surface area contributed by atoms with Crippen molar-refractivity contribution in [1.82, 2.24) is 10.3 Å². The summed E-state index contributed by atoms with van der Waals surface area (Å²) >= 11 is 0. The lowest BCUT2D eigenvalue weighted by molar-refractivity contribution is -0.137. The smallest absolute Gasteiger partial charge is 0.416 e. The minimum absolute atomic E-state index is 0.00217. The van der Waals surface area contributed by atoms with Crippen LogP contribution < -0.4 is 10.1 Å². The highest BCUT2D eigenvalue weighted by atomic mass is 19.4. The fraction of sp³-hybridized carbons (Fsp3) is 0.308. The fourth-order valence-electron chi connectivity index (χ4n) is 1.48. The lowest BCUT2D eigenvalue weighted by Gasteiger charge is -2.06. The summed E-state index contributed by atoms with van der Waals surface area (Å²) in [6, 6.07) is 4.32. The van der Waals surface area contributed by atoms with Crippen LogP contribution in [0.4, 0.5) is 13.2 Å². The third-order valence-corrected chi connectivity index (χ3v) is 2.47. The van der Waals surface area contributed by atoms with E-state index in [9.17, 15) is 13.2 Å². The van der Waals surface area contributed by atoms with Gasteiger partial charge in [0.1, 0.15) is 12.0 Å². The summed E-state index contributed by atoms with van der Waals surface area (Å²) in [6.07, 6.45) is -2.93. The summed E-state index contributed by atoms with van der Waals surface area (Å²) in [5.74, 6) is 0.231. The Labute approximate surface area is 113 Å². The third kappa shape index (κ3) is 3.74. The number of benzene rings is 1. The second kappa shape index (κ2) is 5.96. The average molecular weight is 286 g/mol. The van der Waals surface area contributed by atoms with E-state index in [4.69, 9.17) is 9.15 Å². The first-order valence-electron chi connectivity index (χ1n) is 5.99. The van der Waals surface area contributed by atoms with Crippen LogP contribution in [0.25, 0.3) is 0 Å². The second-order valence-corrected chi connectivity index (χ2v) is 4.01. The van der Waals surface area contributed by atoms with E-state index >= 15 is 0 Å². The third-order valence-electron chi connectivity index (χ3n) is 2.47. The Morgan fingerprint density at radius 3 is 2.55 bits per heavy atom. The first kappa shape index (κ1) is 14.4. The Bertz CT molecular complexity index is 549. The maximum absolute atomic E-state index is 12.4. The van der Waals surface area contributed by atoms with Crippen molar-refractivity contribution in [3.05, 3.63) is 41.8 Å². The standard InChI is InChI=1S/C13H13F3N2O2/c1-2-17-7-10-8-19-12(18-10)20-11-5-3-9(4-6-11)13(14,15)16/h3-6,8,17H,2,7H2,1H3. The van der Waals surface area contributed by atoms with Crippen molar-refractivity contribution in [2.45, 2.75) is 19.6 Å². The number of nitrogens with one attached hydrogen (secondary N) is 1. The molecule has 0 bridgehead atoms. The molecule has 0 aliphatic heterocycles. The zero-order valence-electron chi connectivity index (χ0n) is 10.7. The van der Waals surface area contributed by atoms with Gasteiger partial charge in [0.05, 0.1) is 11.3 Å². The van der Waals surface area contributed by atoms with E-state index < -0.39 is 11.7 Å². The number of rotatable bonds is 5. The van der Waals surface area contributed by atoms with Gasteiger partial charge in [-0.2, -0.15) is 18.2 Å². The summed E-state index contributed by atoms with van der Waals surface area (Å²) in [7, 11) is 0. The van der Waals surface area contributed by atoms with Gasteiger partial charge in [0, 0.05) is 6.54 Å². The minimum atomic E-state index is -4.36. The Morgan fingerprint density at radius 1 is 1.25 bits per heavy atom. The molecule has 1 aromatic heterocycles. The van der Waals surface area contributed by atoms with Crippen LogP contribution >= 0.6 is 0 Å². The molecule has 4 nitrogen and oxygen atoms in total. The molecule has 0 atom stereocenters. The number of nitrogens with zero attached hydrogens (tertiary/aromatic N) is 1. The molecular formula is C13H13F3N2O2. The second-order valence-electron chi connectivity index (χ2n) is 4.01. The molecule has 7 heteroatoms. The summed E-state index contributed by atoms with van der Waals surface area (Å²) in [5, 5.41) is 3.06. The van der Waals surface area contributed by atoms with Crippen LogP contribution in [-0.4, -0.2) is 11.5 Å². The predicted molar refractivity (Wildman–Crippen MR) is 65.4 cm³/mol. The van der Waals surface area contributed by atoms with Crippen molar-refractivity contribution in [2.75, 3.05) is 6.54 Å². The van der Waals surface area contributed by atoms with E-state index in [0.717, 1.165) is 18.7 Å². The van der Waals surface area contributed by atoms with E-state index in [-0.39, 0.29) is 11.8 Å². The van der Waals surface area contributed by atoms with Gasteiger partial charge in [0.25, 0.3) is 0 Å². The Morgan fingerprint density at radius 2 is 1.95 bits per heavy atom. The molecule has 0 saturated carbocycles. The first-order chi connectivity index (χ1) is 9.49. The van der Waals surface area contributed by atoms with Crippen LogP contribution in [0.2, 0.25) is 0 Å². The molecule has 20 heavy (non-hydrogen) atoms. The molecule has 0 radical (unpaired) electrons. The topological polar surface area (TPSA) is 47.3 Å². The fourth-order valence-corrected chi connectivity index (χ4v) is 1.48. The average Bonchev–Trinajstić information content (AvgIpc) is 2.83. The number of ether oxygens (including phenoxy) is 1. The largest absolute Gasteiger partial charge is 0.417 e. The molecule has 1 heterocycles. The summed E-state index contributed by atoms with van der Waals surface area (Å²) in [4.78, 5) is 4.04. The van der Waals surface area contributed by atoms with Crippen LogP contribution in [0.5, 0.6) is 11.8 Å². The molecule has 1 N–H and O–H groups in total. The molecule has 0 amide bonds. The van der Waals surface area contributed by atoms with Crippen LogP contribution in [0.3, 0.4) is 0 Å². The first-order valence-corrected chi connectivity index (χ1v) is 5.99. The van der Waals surface area contributed by atoms with Crippen molar-refractivity contribution in [3.8, 4) is 11.8 Å². The number of halogens is 3. The maximum Gasteiger partial charge on any atom is 0.416 e. The van der Waals surface area contributed by atoms with Gasteiger partial charge in [-0.1, -0.05) is 6.92 Å². The Balaban J connectivity index is 2.01. The van der Waals surface area contributed by atoms with Crippen molar-refractivity contribution in [3.63, 3.8) is 0 Å². The van der Waals surface area contributed by atoms with Gasteiger partial charge in [-0.3, -0.25) is 0 Å². The van der Waals surface area contributed by atoms with Crippen molar-refractivity contribution in [1.29, 1.82) is 0 Å². The number of hydrogen-bond acceptors (Lipinski definition) is 4. The molecule has 1 aromatic carbocycles. The quantitative estimate of drug-likeness (QED) is 0.912. The summed E-state index contributed by atoms with van der Waals surface area (Å²) in [6.45, 7) is 3.29. The maximum atomic E-state index is 12.4. The van der Waals surface area contributed by atoms with E-state index in [0.29, 0.717) is 12.2 Å². The summed E-state index contributed by atoms with van der Waals surface area (Å²) < 4.78 is 47.5. The number of oxazole rings is 1. The van der Waals surface area contributed by atoms with E-state index in [1.165, 1.54) is 18.4 Å². The van der Waals surface area contributed by atoms with Gasteiger partial charge in [-0.25, -0.2) is 0 Å². The van der Waals surface area contributed by atoms with E-state index in [2.05, 4.69) is 10.3 Å². The van der Waals surface area contributed by atoms with Crippen molar-refractivity contribution >= 4 is 0 Å². The number of aromatic nitrogens is 1. The molecule has 2 rings (SSSR count). The lowest BCUT2D eigenvalue weighted by Crippen LogP contribution is -2.11. The number of hydrogen-bond donors (Lipinski definition) is 1. The van der Waals surface area contributed by atoms with Gasteiger partial charge in [0.2, 0.25) is 0 Å². The van der Waals surface area contributed by atoms with Crippen LogP contribution in [0.15, 0.2) is 34.9 Å². The van der Waals surface area contributed by atoms with Gasteiger partial charge < -0.3 is 14.5 Å². The normalized spacial score (nSPS) is 11.6. The Hall–Kier alpha value is -2.02. The van der Waals surface area contributed by atoms with E-state index in [1.54, 1.807) is 0 Å². The molecule has 0 fully saturated rings. The molecule has 0 spiro atoms. The summed E-state index contributed by atoms with van der Waals surface area (Å²) in [5.41, 5.74) is -0.0705. The van der Waals surface area contributed by atoms with Crippen LogP contribution in [-0.2, 0) is 12.7 Å². The monoisotopic (exact) mass is 286 g/mol. The van der Waals surface area contributed by atoms with Crippen LogP contribution in [0.1, 0.15) is 18.2 Å². The molecule has 0 saturated heterocycles. The van der Waals surface area contributed by atoms with E-state index in [1.807, 2.05) is 6.92 Å². The number of alkyl halides is 3.